The molecule has 0 saturated carbocycles. The van der Waals surface area contributed by atoms with Crippen molar-refractivity contribution in [2.45, 2.75) is 19.0 Å². The minimum atomic E-state index is -0.207. The van der Waals surface area contributed by atoms with Gasteiger partial charge < -0.3 is 15.3 Å². The van der Waals surface area contributed by atoms with Crippen molar-refractivity contribution in [1.29, 1.82) is 0 Å². The van der Waals surface area contributed by atoms with Crippen molar-refractivity contribution < 1.29 is 9.90 Å². The van der Waals surface area contributed by atoms with Gasteiger partial charge in [-0.05, 0) is 17.5 Å². The number of amides is 1. The number of nitrogens with one attached hydrogen (secondary N) is 1. The molecule has 0 radical (unpaired) electrons. The summed E-state index contributed by atoms with van der Waals surface area (Å²) in [5, 5.41) is 12.3. The molecule has 0 aliphatic carbocycles. The molecule has 102 valence electrons. The predicted molar refractivity (Wildman–Crippen MR) is 74.6 cm³/mol. The third-order valence-corrected chi connectivity index (χ3v) is 3.41. The molecule has 0 saturated heterocycles. The van der Waals surface area contributed by atoms with Crippen LogP contribution in [0.15, 0.2) is 36.9 Å². The molecule has 4 nitrogen and oxygen atoms in total. The minimum Gasteiger partial charge on any atom is -0.395 e. The van der Waals surface area contributed by atoms with Gasteiger partial charge in [-0.15, -0.1) is 6.58 Å². The summed E-state index contributed by atoms with van der Waals surface area (Å²) in [6.07, 6.45) is 2.39. The van der Waals surface area contributed by atoms with Crippen LogP contribution in [-0.4, -0.2) is 41.7 Å². The van der Waals surface area contributed by atoms with Gasteiger partial charge in [0.25, 0.3) is 0 Å². The summed E-state index contributed by atoms with van der Waals surface area (Å²) in [5.74, 6) is 0.0310. The monoisotopic (exact) mass is 260 g/mol. The summed E-state index contributed by atoms with van der Waals surface area (Å²) in [6.45, 7) is 5.16. The zero-order chi connectivity index (χ0) is 13.7. The number of hydrogen-bond donors (Lipinski definition) is 2. The molecule has 1 unspecified atom stereocenters. The first-order chi connectivity index (χ1) is 9.26. The molecule has 2 rings (SSSR count). The standard InChI is InChI=1S/C15H20N2O2/c1-2-7-17(8-9-18)15(19)14-10-12-5-3-4-6-13(12)11-16-14/h2-6,14,16,18H,1,7-11H2. The zero-order valence-corrected chi connectivity index (χ0v) is 11.0. The van der Waals surface area contributed by atoms with E-state index in [0.29, 0.717) is 26.1 Å². The van der Waals surface area contributed by atoms with Crippen molar-refractivity contribution in [3.63, 3.8) is 0 Å². The molecule has 0 spiro atoms. The van der Waals surface area contributed by atoms with Gasteiger partial charge in [0, 0.05) is 19.6 Å². The largest absolute Gasteiger partial charge is 0.395 e. The van der Waals surface area contributed by atoms with Gasteiger partial charge in [-0.25, -0.2) is 0 Å². The lowest BCUT2D eigenvalue weighted by molar-refractivity contribution is -0.133. The van der Waals surface area contributed by atoms with E-state index in [2.05, 4.69) is 24.0 Å². The van der Waals surface area contributed by atoms with Crippen LogP contribution < -0.4 is 5.32 Å². The van der Waals surface area contributed by atoms with E-state index in [1.807, 2.05) is 12.1 Å². The van der Waals surface area contributed by atoms with Gasteiger partial charge in [0.2, 0.25) is 5.91 Å². The van der Waals surface area contributed by atoms with Crippen molar-refractivity contribution >= 4 is 5.91 Å². The average molecular weight is 260 g/mol. The summed E-state index contributed by atoms with van der Waals surface area (Å²) in [6, 6.07) is 7.96. The Balaban J connectivity index is 2.06. The first-order valence-corrected chi connectivity index (χ1v) is 6.57. The molecule has 1 heterocycles. The molecule has 0 aromatic heterocycles. The van der Waals surface area contributed by atoms with Crippen molar-refractivity contribution in [3.05, 3.63) is 48.0 Å². The summed E-state index contributed by atoms with van der Waals surface area (Å²) in [4.78, 5) is 14.0. The Morgan fingerprint density at radius 2 is 2.21 bits per heavy atom. The topological polar surface area (TPSA) is 52.6 Å². The number of benzene rings is 1. The Morgan fingerprint density at radius 3 is 2.89 bits per heavy atom. The first kappa shape index (κ1) is 13.8. The molecule has 4 heteroatoms. The van der Waals surface area contributed by atoms with Crippen LogP contribution in [0.2, 0.25) is 0 Å². The molecule has 1 amide bonds. The maximum atomic E-state index is 12.4. The van der Waals surface area contributed by atoms with E-state index >= 15 is 0 Å². The van der Waals surface area contributed by atoms with E-state index in [9.17, 15) is 4.79 Å². The number of aliphatic hydroxyl groups is 1. The number of fused-ring (bicyclic) bond motifs is 1. The van der Waals surface area contributed by atoms with Crippen LogP contribution in [0, 0.1) is 0 Å². The maximum absolute atomic E-state index is 12.4. The highest BCUT2D eigenvalue weighted by molar-refractivity contribution is 5.82. The van der Waals surface area contributed by atoms with Gasteiger partial charge in [-0.2, -0.15) is 0 Å². The highest BCUT2D eigenvalue weighted by atomic mass is 16.3. The first-order valence-electron chi connectivity index (χ1n) is 6.57. The van der Waals surface area contributed by atoms with Crippen LogP contribution in [0.1, 0.15) is 11.1 Å². The second-order valence-electron chi connectivity index (χ2n) is 4.70. The number of hydrogen-bond acceptors (Lipinski definition) is 3. The van der Waals surface area contributed by atoms with Gasteiger partial charge in [-0.3, -0.25) is 4.79 Å². The normalized spacial score (nSPS) is 17.6. The molecule has 0 fully saturated rings. The maximum Gasteiger partial charge on any atom is 0.240 e. The molecule has 1 aliphatic heterocycles. The summed E-state index contributed by atoms with van der Waals surface area (Å²) >= 11 is 0. The SMILES string of the molecule is C=CCN(CCO)C(=O)C1Cc2ccccc2CN1. The lowest BCUT2D eigenvalue weighted by Crippen LogP contribution is -2.50. The molecule has 0 bridgehead atoms. The molecule has 19 heavy (non-hydrogen) atoms. The summed E-state index contributed by atoms with van der Waals surface area (Å²) in [5.41, 5.74) is 2.48. The molecule has 1 atom stereocenters. The lowest BCUT2D eigenvalue weighted by Gasteiger charge is -2.30. The van der Waals surface area contributed by atoms with E-state index in [0.717, 1.165) is 0 Å². The Bertz CT molecular complexity index is 459. The van der Waals surface area contributed by atoms with Gasteiger partial charge in [-0.1, -0.05) is 30.3 Å². The molecule has 1 aromatic carbocycles. The zero-order valence-electron chi connectivity index (χ0n) is 11.0. The van der Waals surface area contributed by atoms with E-state index in [-0.39, 0.29) is 18.6 Å². The lowest BCUT2D eigenvalue weighted by atomic mass is 9.95. The predicted octanol–water partition coefficient (Wildman–Crippen LogP) is 0.708. The van der Waals surface area contributed by atoms with Crippen LogP contribution >= 0.6 is 0 Å². The van der Waals surface area contributed by atoms with Crippen LogP contribution in [0.25, 0.3) is 0 Å². The van der Waals surface area contributed by atoms with Crippen LogP contribution in [0.3, 0.4) is 0 Å². The molecular weight excluding hydrogens is 240 g/mol. The Labute approximate surface area is 113 Å². The smallest absolute Gasteiger partial charge is 0.240 e. The summed E-state index contributed by atoms with van der Waals surface area (Å²) in [7, 11) is 0. The number of carbonyl (C=O) groups is 1. The molecule has 1 aliphatic rings. The van der Waals surface area contributed by atoms with E-state index in [1.165, 1.54) is 11.1 Å². The fourth-order valence-corrected chi connectivity index (χ4v) is 2.42. The second-order valence-corrected chi connectivity index (χ2v) is 4.70. The van der Waals surface area contributed by atoms with Gasteiger partial charge in [0.05, 0.1) is 12.6 Å². The average Bonchev–Trinajstić information content (AvgIpc) is 2.46. The molecular formula is C15H20N2O2. The van der Waals surface area contributed by atoms with Gasteiger partial charge in [0.15, 0.2) is 0 Å². The minimum absolute atomic E-state index is 0.0249. The quantitative estimate of drug-likeness (QED) is 0.767. The Hall–Kier alpha value is -1.65. The highest BCUT2D eigenvalue weighted by Crippen LogP contribution is 2.17. The number of nitrogens with zero attached hydrogens (tertiary/aromatic N) is 1. The van der Waals surface area contributed by atoms with Crippen LogP contribution in [0.5, 0.6) is 0 Å². The van der Waals surface area contributed by atoms with Crippen molar-refractivity contribution in [2.24, 2.45) is 0 Å². The van der Waals surface area contributed by atoms with Crippen molar-refractivity contribution in [3.8, 4) is 0 Å². The van der Waals surface area contributed by atoms with Crippen LogP contribution in [-0.2, 0) is 17.8 Å². The van der Waals surface area contributed by atoms with E-state index < -0.39 is 0 Å². The Morgan fingerprint density at radius 1 is 1.47 bits per heavy atom. The number of aliphatic hydroxyl groups excluding tert-OH is 1. The fourth-order valence-electron chi connectivity index (χ4n) is 2.42. The van der Waals surface area contributed by atoms with Crippen molar-refractivity contribution in [1.82, 2.24) is 10.2 Å². The van der Waals surface area contributed by atoms with Gasteiger partial charge >= 0.3 is 0 Å². The fraction of sp³-hybridized carbons (Fsp3) is 0.400. The summed E-state index contributed by atoms with van der Waals surface area (Å²) < 4.78 is 0. The Kier molecular flexibility index (Phi) is 4.71. The van der Waals surface area contributed by atoms with E-state index in [1.54, 1.807) is 11.0 Å². The molecule has 1 aromatic rings. The number of carbonyl (C=O) groups excluding carboxylic acids is 1. The molecule has 2 N–H and O–H groups in total. The van der Waals surface area contributed by atoms with E-state index in [4.69, 9.17) is 5.11 Å². The van der Waals surface area contributed by atoms with Gasteiger partial charge in [0.1, 0.15) is 0 Å². The van der Waals surface area contributed by atoms with Crippen molar-refractivity contribution in [2.75, 3.05) is 19.7 Å². The third kappa shape index (κ3) is 3.22. The van der Waals surface area contributed by atoms with Crippen LogP contribution in [0.4, 0.5) is 0 Å². The highest BCUT2D eigenvalue weighted by Gasteiger charge is 2.27. The number of rotatable bonds is 5. The second kappa shape index (κ2) is 6.50. The third-order valence-electron chi connectivity index (χ3n) is 3.41.